The maximum absolute atomic E-state index is 3.87. The Hall–Kier alpha value is -1.86. The molecule has 0 aliphatic carbocycles. The number of aryl methyl sites for hydroxylation is 2. The molecule has 13 heavy (non-hydrogen) atoms. The molecular formula is C5H8N8. The van der Waals surface area contributed by atoms with Crippen LogP contribution in [0.5, 0.6) is 0 Å². The fraction of sp³-hybridized carbons (Fsp3) is 0.600. The van der Waals surface area contributed by atoms with Crippen molar-refractivity contribution in [2.24, 2.45) is 0 Å². The first-order valence-electron chi connectivity index (χ1n) is 3.87. The summed E-state index contributed by atoms with van der Waals surface area (Å²) in [7, 11) is 0. The predicted octanol–water partition coefficient (Wildman–Crippen LogP) is -1.25. The molecule has 8 nitrogen and oxygen atoms in total. The van der Waals surface area contributed by atoms with Crippen molar-refractivity contribution in [2.45, 2.75) is 19.5 Å². The molecule has 0 spiro atoms. The highest BCUT2D eigenvalue weighted by atomic mass is 15.6. The summed E-state index contributed by atoms with van der Waals surface area (Å²) in [4.78, 5) is 1.53. The molecule has 0 unspecified atom stereocenters. The zero-order valence-corrected chi connectivity index (χ0v) is 6.85. The van der Waals surface area contributed by atoms with Gasteiger partial charge in [0.25, 0.3) is 0 Å². The first-order chi connectivity index (χ1) is 6.45. The topological polar surface area (TPSA) is 87.2 Å². The van der Waals surface area contributed by atoms with E-state index in [-0.39, 0.29) is 0 Å². The van der Waals surface area contributed by atoms with Gasteiger partial charge in [-0.15, -0.1) is 15.3 Å². The fourth-order valence-electron chi connectivity index (χ4n) is 0.948. The van der Waals surface area contributed by atoms with E-state index in [0.29, 0.717) is 0 Å². The quantitative estimate of drug-likeness (QED) is 0.584. The molecule has 0 amide bonds. The predicted molar refractivity (Wildman–Crippen MR) is 40.3 cm³/mol. The minimum atomic E-state index is 0.722. The smallest absolute Gasteiger partial charge is 0.162 e. The molecule has 2 rings (SSSR count). The van der Waals surface area contributed by atoms with E-state index < -0.39 is 0 Å². The van der Waals surface area contributed by atoms with Crippen molar-refractivity contribution in [1.29, 1.82) is 0 Å². The first kappa shape index (κ1) is 7.77. The summed E-state index contributed by atoms with van der Waals surface area (Å²) in [5.41, 5.74) is 0. The van der Waals surface area contributed by atoms with Gasteiger partial charge in [0, 0.05) is 6.54 Å². The third-order valence-electron chi connectivity index (χ3n) is 1.53. The Morgan fingerprint density at radius 1 is 1.08 bits per heavy atom. The summed E-state index contributed by atoms with van der Waals surface area (Å²) < 4.78 is 1.66. The van der Waals surface area contributed by atoms with Gasteiger partial charge in [0.1, 0.15) is 6.33 Å². The molecule has 0 atom stereocenters. The second kappa shape index (κ2) is 3.70. The summed E-state index contributed by atoms with van der Waals surface area (Å²) in [6.07, 6.45) is 3.87. The minimum Gasteiger partial charge on any atom is -0.232 e. The SMILES string of the molecule is c1nnn(CCCn2cnnn2)n1. The molecule has 0 N–H and O–H groups in total. The van der Waals surface area contributed by atoms with Crippen LogP contribution in [0.3, 0.4) is 0 Å². The fourth-order valence-corrected chi connectivity index (χ4v) is 0.948. The van der Waals surface area contributed by atoms with Crippen LogP contribution < -0.4 is 0 Å². The van der Waals surface area contributed by atoms with Crippen LogP contribution in [0.2, 0.25) is 0 Å². The molecule has 0 aliphatic heterocycles. The highest BCUT2D eigenvalue weighted by molar-refractivity contribution is 4.47. The van der Waals surface area contributed by atoms with Gasteiger partial charge in [-0.3, -0.25) is 0 Å². The third-order valence-corrected chi connectivity index (χ3v) is 1.53. The molecular weight excluding hydrogens is 172 g/mol. The van der Waals surface area contributed by atoms with E-state index in [9.17, 15) is 0 Å². The lowest BCUT2D eigenvalue weighted by molar-refractivity contribution is 0.451. The molecule has 68 valence electrons. The summed E-state index contributed by atoms with van der Waals surface area (Å²) in [6.45, 7) is 1.48. The zero-order valence-electron chi connectivity index (χ0n) is 6.85. The molecule has 0 saturated heterocycles. The maximum atomic E-state index is 3.87. The maximum Gasteiger partial charge on any atom is 0.162 e. The average Bonchev–Trinajstić information content (AvgIpc) is 2.75. The van der Waals surface area contributed by atoms with Gasteiger partial charge in [-0.1, -0.05) is 0 Å². The summed E-state index contributed by atoms with van der Waals surface area (Å²) >= 11 is 0. The zero-order chi connectivity index (χ0) is 8.93. The van der Waals surface area contributed by atoms with Gasteiger partial charge < -0.3 is 0 Å². The highest BCUT2D eigenvalue weighted by Crippen LogP contribution is 1.88. The van der Waals surface area contributed by atoms with Crippen molar-refractivity contribution in [1.82, 2.24) is 40.4 Å². The monoisotopic (exact) mass is 180 g/mol. The highest BCUT2D eigenvalue weighted by Gasteiger charge is 1.95. The first-order valence-corrected chi connectivity index (χ1v) is 3.87. The molecule has 0 aliphatic rings. The Bertz CT molecular complexity index is 289. The Kier molecular flexibility index (Phi) is 2.21. The molecule has 0 saturated carbocycles. The summed E-state index contributed by atoms with van der Waals surface area (Å²) in [5, 5.41) is 22.0. The molecule has 0 aromatic carbocycles. The van der Waals surface area contributed by atoms with Gasteiger partial charge >= 0.3 is 0 Å². The Morgan fingerprint density at radius 3 is 2.77 bits per heavy atom. The van der Waals surface area contributed by atoms with E-state index in [1.165, 1.54) is 11.1 Å². The van der Waals surface area contributed by atoms with E-state index in [4.69, 9.17) is 0 Å². The number of rotatable bonds is 4. The molecule has 8 heteroatoms. The molecule has 2 aromatic rings. The lowest BCUT2D eigenvalue weighted by Gasteiger charge is -1.97. The largest absolute Gasteiger partial charge is 0.232 e. The van der Waals surface area contributed by atoms with Crippen LogP contribution in [-0.2, 0) is 13.1 Å². The Balaban J connectivity index is 1.76. The van der Waals surface area contributed by atoms with Crippen molar-refractivity contribution in [2.75, 3.05) is 0 Å². The minimum absolute atomic E-state index is 0.722. The third kappa shape index (κ3) is 2.04. The molecule has 0 bridgehead atoms. The number of hydrogen-bond donors (Lipinski definition) is 0. The Morgan fingerprint density at radius 2 is 2.08 bits per heavy atom. The van der Waals surface area contributed by atoms with E-state index >= 15 is 0 Å². The van der Waals surface area contributed by atoms with Gasteiger partial charge in [0.15, 0.2) is 6.33 Å². The van der Waals surface area contributed by atoms with Gasteiger partial charge in [0.2, 0.25) is 0 Å². The normalized spacial score (nSPS) is 10.5. The van der Waals surface area contributed by atoms with Gasteiger partial charge in [-0.05, 0) is 22.1 Å². The standard InChI is InChI=1S/C5H8N8/c1(2-12-5-7-9-11-12)3-13-8-4-6-10-13/h4-5H,1-3H2. The van der Waals surface area contributed by atoms with Crippen LogP contribution in [0.15, 0.2) is 12.7 Å². The van der Waals surface area contributed by atoms with Crippen LogP contribution in [0.4, 0.5) is 0 Å². The number of nitrogens with zero attached hydrogens (tertiary/aromatic N) is 8. The summed E-state index contributed by atoms with van der Waals surface area (Å²) in [6, 6.07) is 0. The molecule has 0 radical (unpaired) electrons. The Labute approximate surface area is 73.6 Å². The molecule has 0 fully saturated rings. The number of hydrogen-bond acceptors (Lipinski definition) is 6. The van der Waals surface area contributed by atoms with Crippen molar-refractivity contribution in [3.63, 3.8) is 0 Å². The van der Waals surface area contributed by atoms with Gasteiger partial charge in [0.05, 0.1) is 6.54 Å². The van der Waals surface area contributed by atoms with Gasteiger partial charge in [-0.25, -0.2) is 4.68 Å². The van der Waals surface area contributed by atoms with Crippen molar-refractivity contribution in [3.8, 4) is 0 Å². The van der Waals surface area contributed by atoms with Crippen LogP contribution in [0, 0.1) is 0 Å². The molecule has 2 heterocycles. The van der Waals surface area contributed by atoms with E-state index in [1.807, 2.05) is 0 Å². The molecule has 2 aromatic heterocycles. The van der Waals surface area contributed by atoms with Gasteiger partial charge in [-0.2, -0.15) is 4.80 Å². The second-order valence-corrected chi connectivity index (χ2v) is 2.46. The van der Waals surface area contributed by atoms with Crippen molar-refractivity contribution < 1.29 is 0 Å². The average molecular weight is 180 g/mol. The number of aromatic nitrogens is 8. The van der Waals surface area contributed by atoms with Crippen molar-refractivity contribution in [3.05, 3.63) is 12.7 Å². The van der Waals surface area contributed by atoms with Crippen LogP contribution in [0.25, 0.3) is 0 Å². The van der Waals surface area contributed by atoms with Crippen molar-refractivity contribution >= 4 is 0 Å². The second-order valence-electron chi connectivity index (χ2n) is 2.46. The van der Waals surface area contributed by atoms with Crippen LogP contribution in [0.1, 0.15) is 6.42 Å². The van der Waals surface area contributed by atoms with Crippen LogP contribution in [-0.4, -0.2) is 40.4 Å². The summed E-state index contributed by atoms with van der Waals surface area (Å²) in [5.74, 6) is 0. The van der Waals surface area contributed by atoms with Crippen LogP contribution >= 0.6 is 0 Å². The lowest BCUT2D eigenvalue weighted by Crippen LogP contribution is -2.07. The van der Waals surface area contributed by atoms with E-state index in [1.54, 1.807) is 11.0 Å². The van der Waals surface area contributed by atoms with E-state index in [0.717, 1.165) is 19.5 Å². The number of tetrazole rings is 2. The lowest BCUT2D eigenvalue weighted by atomic mass is 10.4. The van der Waals surface area contributed by atoms with E-state index in [2.05, 4.69) is 30.9 Å².